The molecule has 0 fully saturated rings. The summed E-state index contributed by atoms with van der Waals surface area (Å²) in [6.07, 6.45) is 1.79. The molecule has 0 atom stereocenters. The van der Waals surface area contributed by atoms with E-state index in [1.807, 2.05) is 42.5 Å². The molecule has 0 radical (unpaired) electrons. The molecule has 1 aromatic carbocycles. The van der Waals surface area contributed by atoms with E-state index >= 15 is 0 Å². The maximum absolute atomic E-state index is 12.1. The van der Waals surface area contributed by atoms with Gasteiger partial charge in [-0.05, 0) is 36.4 Å². The first-order valence-electron chi connectivity index (χ1n) is 6.44. The monoisotopic (exact) mass is 282 g/mol. The number of hydrogen-bond acceptors (Lipinski definition) is 4. The predicted octanol–water partition coefficient (Wildman–Crippen LogP) is 2.80. The number of rotatable bonds is 3. The molecular formula is C16H14N2O3. The van der Waals surface area contributed by atoms with E-state index < -0.39 is 5.97 Å². The lowest BCUT2D eigenvalue weighted by Crippen LogP contribution is -2.06. The van der Waals surface area contributed by atoms with Gasteiger partial charge < -0.3 is 9.47 Å². The van der Waals surface area contributed by atoms with E-state index in [0.29, 0.717) is 17.0 Å². The van der Waals surface area contributed by atoms with Crippen LogP contribution in [0.1, 0.15) is 10.5 Å². The summed E-state index contributed by atoms with van der Waals surface area (Å²) in [5.41, 5.74) is 2.54. The van der Waals surface area contributed by atoms with Gasteiger partial charge >= 0.3 is 5.97 Å². The topological polar surface area (TPSA) is 52.8 Å². The van der Waals surface area contributed by atoms with Gasteiger partial charge in [-0.2, -0.15) is 0 Å². The number of ether oxygens (including phenoxy) is 2. The van der Waals surface area contributed by atoms with Gasteiger partial charge in [0, 0.05) is 11.8 Å². The summed E-state index contributed by atoms with van der Waals surface area (Å²) >= 11 is 0. The highest BCUT2D eigenvalue weighted by Gasteiger charge is 2.20. The number of pyridine rings is 1. The van der Waals surface area contributed by atoms with Crippen LogP contribution in [-0.4, -0.2) is 29.6 Å². The van der Waals surface area contributed by atoms with Crippen molar-refractivity contribution >= 4 is 11.6 Å². The molecule has 5 heteroatoms. The molecule has 0 aliphatic heterocycles. The van der Waals surface area contributed by atoms with Crippen molar-refractivity contribution in [2.24, 2.45) is 0 Å². The molecule has 5 nitrogen and oxygen atoms in total. The van der Waals surface area contributed by atoms with E-state index in [4.69, 9.17) is 9.47 Å². The van der Waals surface area contributed by atoms with Crippen LogP contribution in [-0.2, 0) is 4.74 Å². The van der Waals surface area contributed by atoms with E-state index in [-0.39, 0.29) is 0 Å². The smallest absolute Gasteiger partial charge is 0.357 e. The summed E-state index contributed by atoms with van der Waals surface area (Å²) < 4.78 is 11.8. The van der Waals surface area contributed by atoms with E-state index in [2.05, 4.69) is 4.98 Å². The third kappa shape index (κ3) is 2.23. The average Bonchev–Trinajstić information content (AvgIpc) is 2.93. The molecule has 21 heavy (non-hydrogen) atoms. The van der Waals surface area contributed by atoms with E-state index in [9.17, 15) is 4.79 Å². The summed E-state index contributed by atoms with van der Waals surface area (Å²) in [5, 5.41) is 0. The van der Waals surface area contributed by atoms with Crippen molar-refractivity contribution < 1.29 is 14.3 Å². The Morgan fingerprint density at radius 2 is 1.86 bits per heavy atom. The first kappa shape index (κ1) is 13.2. The SMILES string of the molecule is COC(=O)c1c(-c2ccc(OC)cc2)nc2ccccn12. The fraction of sp³-hybridized carbons (Fsp3) is 0.125. The molecule has 0 saturated carbocycles. The number of carbonyl (C=O) groups excluding carboxylic acids is 1. The standard InChI is InChI=1S/C16H14N2O3/c1-20-12-8-6-11(7-9-12)14-15(16(19)21-2)18-10-4-3-5-13(18)17-14/h3-10H,1-2H3. The van der Waals surface area contributed by atoms with E-state index in [0.717, 1.165) is 11.3 Å². The van der Waals surface area contributed by atoms with Crippen LogP contribution >= 0.6 is 0 Å². The van der Waals surface area contributed by atoms with Crippen LogP contribution in [0.3, 0.4) is 0 Å². The first-order chi connectivity index (χ1) is 10.2. The first-order valence-corrected chi connectivity index (χ1v) is 6.44. The van der Waals surface area contributed by atoms with Crippen molar-refractivity contribution in [3.63, 3.8) is 0 Å². The fourth-order valence-corrected chi connectivity index (χ4v) is 2.24. The van der Waals surface area contributed by atoms with E-state index in [1.54, 1.807) is 17.7 Å². The van der Waals surface area contributed by atoms with Crippen LogP contribution in [0.25, 0.3) is 16.9 Å². The van der Waals surface area contributed by atoms with Gasteiger partial charge in [0.15, 0.2) is 5.69 Å². The summed E-state index contributed by atoms with van der Waals surface area (Å²) in [4.78, 5) is 16.6. The molecule has 2 heterocycles. The van der Waals surface area contributed by atoms with Gasteiger partial charge in [-0.1, -0.05) is 6.07 Å². The van der Waals surface area contributed by atoms with Crippen molar-refractivity contribution in [3.8, 4) is 17.0 Å². The van der Waals surface area contributed by atoms with Gasteiger partial charge in [0.2, 0.25) is 0 Å². The van der Waals surface area contributed by atoms with Crippen molar-refractivity contribution in [1.29, 1.82) is 0 Å². The van der Waals surface area contributed by atoms with Gasteiger partial charge in [0.05, 0.1) is 14.2 Å². The molecule has 106 valence electrons. The third-order valence-electron chi connectivity index (χ3n) is 3.27. The number of hydrogen-bond donors (Lipinski definition) is 0. The Labute approximate surface area is 121 Å². The number of imidazole rings is 1. The number of aromatic nitrogens is 2. The summed E-state index contributed by atoms with van der Waals surface area (Å²) in [7, 11) is 2.97. The lowest BCUT2D eigenvalue weighted by molar-refractivity contribution is 0.0594. The zero-order valence-corrected chi connectivity index (χ0v) is 11.7. The Bertz CT molecular complexity index is 791. The Kier molecular flexibility index (Phi) is 3.31. The molecule has 2 aromatic heterocycles. The van der Waals surface area contributed by atoms with Gasteiger partial charge in [-0.3, -0.25) is 4.40 Å². The van der Waals surface area contributed by atoms with Gasteiger partial charge in [0.25, 0.3) is 0 Å². The number of nitrogens with zero attached hydrogens (tertiary/aromatic N) is 2. The zero-order chi connectivity index (χ0) is 14.8. The highest BCUT2D eigenvalue weighted by Crippen LogP contribution is 2.26. The summed E-state index contributed by atoms with van der Waals surface area (Å²) in [6.45, 7) is 0. The van der Waals surface area contributed by atoms with Gasteiger partial charge in [-0.25, -0.2) is 9.78 Å². The van der Waals surface area contributed by atoms with Crippen LogP contribution in [0.15, 0.2) is 48.7 Å². The minimum atomic E-state index is -0.417. The molecule has 0 amide bonds. The molecule has 0 saturated heterocycles. The maximum Gasteiger partial charge on any atom is 0.357 e. The molecule has 0 aliphatic rings. The molecule has 3 aromatic rings. The maximum atomic E-state index is 12.1. The average molecular weight is 282 g/mol. The number of methoxy groups -OCH3 is 2. The highest BCUT2D eigenvalue weighted by atomic mass is 16.5. The Hall–Kier alpha value is -2.82. The van der Waals surface area contributed by atoms with Gasteiger partial charge in [0.1, 0.15) is 17.1 Å². The number of carbonyl (C=O) groups is 1. The van der Waals surface area contributed by atoms with Crippen LogP contribution in [0.5, 0.6) is 5.75 Å². The molecule has 0 N–H and O–H groups in total. The second-order valence-electron chi connectivity index (χ2n) is 4.46. The van der Waals surface area contributed by atoms with E-state index in [1.165, 1.54) is 7.11 Å². The third-order valence-corrected chi connectivity index (χ3v) is 3.27. The zero-order valence-electron chi connectivity index (χ0n) is 11.7. The fourth-order valence-electron chi connectivity index (χ4n) is 2.24. The van der Waals surface area contributed by atoms with Crippen molar-refractivity contribution in [3.05, 3.63) is 54.4 Å². The molecule has 0 aliphatic carbocycles. The lowest BCUT2D eigenvalue weighted by atomic mass is 10.1. The second kappa shape index (κ2) is 5.28. The van der Waals surface area contributed by atoms with Crippen LogP contribution < -0.4 is 4.74 Å². The van der Waals surface area contributed by atoms with Crippen molar-refractivity contribution in [2.75, 3.05) is 14.2 Å². The lowest BCUT2D eigenvalue weighted by Gasteiger charge is -2.04. The molecule has 0 unspecified atom stereocenters. The van der Waals surface area contributed by atoms with Crippen molar-refractivity contribution in [1.82, 2.24) is 9.38 Å². The number of fused-ring (bicyclic) bond motifs is 1. The normalized spacial score (nSPS) is 10.6. The van der Waals surface area contributed by atoms with Crippen LogP contribution in [0, 0.1) is 0 Å². The minimum absolute atomic E-state index is 0.415. The Morgan fingerprint density at radius 3 is 2.52 bits per heavy atom. The minimum Gasteiger partial charge on any atom is -0.497 e. The molecule has 0 spiro atoms. The highest BCUT2D eigenvalue weighted by molar-refractivity contribution is 5.96. The Morgan fingerprint density at radius 1 is 1.10 bits per heavy atom. The number of benzene rings is 1. The van der Waals surface area contributed by atoms with Gasteiger partial charge in [-0.15, -0.1) is 0 Å². The second-order valence-corrected chi connectivity index (χ2v) is 4.46. The summed E-state index contributed by atoms with van der Waals surface area (Å²) in [5.74, 6) is 0.335. The van der Waals surface area contributed by atoms with Crippen LogP contribution in [0.2, 0.25) is 0 Å². The Balaban J connectivity index is 2.22. The predicted molar refractivity (Wildman–Crippen MR) is 78.5 cm³/mol. The largest absolute Gasteiger partial charge is 0.497 e. The molecule has 0 bridgehead atoms. The van der Waals surface area contributed by atoms with Crippen molar-refractivity contribution in [2.45, 2.75) is 0 Å². The molecular weight excluding hydrogens is 268 g/mol. The quantitative estimate of drug-likeness (QED) is 0.693. The molecule has 3 rings (SSSR count). The summed E-state index contributed by atoms with van der Waals surface area (Å²) in [6, 6.07) is 13.0. The van der Waals surface area contributed by atoms with Crippen LogP contribution in [0.4, 0.5) is 0 Å². The number of esters is 1.